The van der Waals surface area contributed by atoms with E-state index < -0.39 is 16.1 Å². The molecule has 1 atom stereocenters. The number of hydrogen-bond donors (Lipinski definition) is 1. The second-order valence-corrected chi connectivity index (χ2v) is 10.7. The van der Waals surface area contributed by atoms with E-state index in [2.05, 4.69) is 26.5 Å². The van der Waals surface area contributed by atoms with Crippen LogP contribution in [0.4, 0.5) is 5.82 Å². The van der Waals surface area contributed by atoms with Gasteiger partial charge in [0.1, 0.15) is 16.8 Å². The Labute approximate surface area is 194 Å². The Kier molecular flexibility index (Phi) is 5.82. The number of aromatic nitrogens is 1. The van der Waals surface area contributed by atoms with Gasteiger partial charge in [-0.3, -0.25) is 4.79 Å². The van der Waals surface area contributed by atoms with Crippen LogP contribution in [0.3, 0.4) is 0 Å². The molecule has 5 rings (SSSR count). The van der Waals surface area contributed by atoms with Crippen LogP contribution in [-0.2, 0) is 21.4 Å². The SMILES string of the molecule is CC1CCN(c2ccc(CNC(=O)[C@@H]3CCCN3C3=NS(=O)(=O)c4ccccc43)cn2)CC1. The largest absolute Gasteiger partial charge is 0.357 e. The summed E-state index contributed by atoms with van der Waals surface area (Å²) in [6.07, 6.45) is 5.68. The number of carbonyl (C=O) groups excluding carboxylic acids is 1. The van der Waals surface area contributed by atoms with Gasteiger partial charge in [0, 0.05) is 37.9 Å². The molecule has 4 heterocycles. The average molecular weight is 468 g/mol. The van der Waals surface area contributed by atoms with Crippen molar-refractivity contribution in [3.05, 3.63) is 53.7 Å². The lowest BCUT2D eigenvalue weighted by molar-refractivity contribution is -0.124. The fourth-order valence-electron chi connectivity index (χ4n) is 4.84. The first kappa shape index (κ1) is 21.9. The Bertz CT molecular complexity index is 1170. The summed E-state index contributed by atoms with van der Waals surface area (Å²) in [5.74, 6) is 2.02. The van der Waals surface area contributed by atoms with Crippen LogP contribution in [0.25, 0.3) is 0 Å². The van der Waals surface area contributed by atoms with E-state index in [0.717, 1.165) is 36.8 Å². The number of piperidine rings is 1. The van der Waals surface area contributed by atoms with Crippen LogP contribution in [-0.4, -0.2) is 55.7 Å². The first-order valence-electron chi connectivity index (χ1n) is 11.6. The standard InChI is InChI=1S/C24H29N5O3S/c1-17-10-13-28(14-11-17)22-9-8-18(15-25-22)16-26-24(30)20-6-4-12-29(20)23-19-5-2-3-7-21(19)33(31,32)27-23/h2-3,5,7-9,15,17,20H,4,6,10-14,16H2,1H3,(H,26,30)/t20-/m0/s1. The van der Waals surface area contributed by atoms with E-state index in [-0.39, 0.29) is 10.8 Å². The number of benzene rings is 1. The number of fused-ring (bicyclic) bond motifs is 1. The van der Waals surface area contributed by atoms with Crippen molar-refractivity contribution in [2.24, 2.45) is 10.3 Å². The highest BCUT2D eigenvalue weighted by Crippen LogP contribution is 2.31. The molecule has 174 valence electrons. The zero-order valence-electron chi connectivity index (χ0n) is 18.8. The lowest BCUT2D eigenvalue weighted by atomic mass is 9.99. The van der Waals surface area contributed by atoms with Gasteiger partial charge in [-0.25, -0.2) is 4.98 Å². The number of rotatable bonds is 4. The molecule has 0 aliphatic carbocycles. The molecule has 1 amide bonds. The van der Waals surface area contributed by atoms with Crippen molar-refractivity contribution in [2.45, 2.75) is 50.1 Å². The van der Waals surface area contributed by atoms with E-state index in [9.17, 15) is 13.2 Å². The summed E-state index contributed by atoms with van der Waals surface area (Å²) in [4.78, 5) is 22.0. The summed E-state index contributed by atoms with van der Waals surface area (Å²) >= 11 is 0. The second kappa shape index (κ2) is 8.78. The number of sulfonamides is 1. The molecule has 3 aliphatic rings. The van der Waals surface area contributed by atoms with E-state index >= 15 is 0 Å². The molecule has 3 aliphatic heterocycles. The number of amidine groups is 1. The summed E-state index contributed by atoms with van der Waals surface area (Å²) in [5.41, 5.74) is 1.51. The third-order valence-electron chi connectivity index (χ3n) is 6.82. The molecule has 8 nitrogen and oxygen atoms in total. The molecular weight excluding hydrogens is 438 g/mol. The van der Waals surface area contributed by atoms with Gasteiger partial charge in [-0.05, 0) is 55.4 Å². The number of nitrogens with one attached hydrogen (secondary N) is 1. The number of pyridine rings is 1. The van der Waals surface area contributed by atoms with Crippen LogP contribution in [0.1, 0.15) is 43.7 Å². The third-order valence-corrected chi connectivity index (χ3v) is 8.15. The molecule has 0 radical (unpaired) electrons. The number of likely N-dealkylation sites (tertiary alicyclic amines) is 1. The predicted molar refractivity (Wildman–Crippen MR) is 127 cm³/mol. The van der Waals surface area contributed by atoms with Gasteiger partial charge in [-0.1, -0.05) is 25.1 Å². The highest BCUT2D eigenvalue weighted by atomic mass is 32.2. The van der Waals surface area contributed by atoms with Gasteiger partial charge in [0.05, 0.1) is 0 Å². The maximum atomic E-state index is 13.0. The normalized spacial score (nSPS) is 22.2. The lowest BCUT2D eigenvalue weighted by Gasteiger charge is -2.31. The molecule has 0 saturated carbocycles. The molecule has 1 aromatic heterocycles. The summed E-state index contributed by atoms with van der Waals surface area (Å²) in [6, 6.07) is 10.4. The van der Waals surface area contributed by atoms with Crippen molar-refractivity contribution in [1.29, 1.82) is 0 Å². The van der Waals surface area contributed by atoms with E-state index in [1.54, 1.807) is 24.3 Å². The molecule has 0 bridgehead atoms. The van der Waals surface area contributed by atoms with Crippen LogP contribution >= 0.6 is 0 Å². The van der Waals surface area contributed by atoms with Crippen molar-refractivity contribution in [3.63, 3.8) is 0 Å². The smallest absolute Gasteiger partial charge is 0.285 e. The number of anilines is 1. The summed E-state index contributed by atoms with van der Waals surface area (Å²) < 4.78 is 28.9. The predicted octanol–water partition coefficient (Wildman–Crippen LogP) is 2.55. The molecule has 0 unspecified atom stereocenters. The van der Waals surface area contributed by atoms with E-state index in [0.29, 0.717) is 30.9 Å². The molecule has 2 aromatic rings. The van der Waals surface area contributed by atoms with Gasteiger partial charge in [0.15, 0.2) is 5.84 Å². The molecule has 2 fully saturated rings. The van der Waals surface area contributed by atoms with Gasteiger partial charge in [-0.15, -0.1) is 4.40 Å². The summed E-state index contributed by atoms with van der Waals surface area (Å²) in [6.45, 7) is 5.34. The van der Waals surface area contributed by atoms with Crippen LogP contribution in [0.5, 0.6) is 0 Å². The van der Waals surface area contributed by atoms with Gasteiger partial charge in [0.25, 0.3) is 10.0 Å². The summed E-state index contributed by atoms with van der Waals surface area (Å²) in [7, 11) is -3.71. The monoisotopic (exact) mass is 467 g/mol. The Balaban J connectivity index is 1.23. The van der Waals surface area contributed by atoms with Crippen LogP contribution < -0.4 is 10.2 Å². The molecule has 1 N–H and O–H groups in total. The summed E-state index contributed by atoms with van der Waals surface area (Å²) in [5, 5.41) is 3.01. The molecule has 2 saturated heterocycles. The minimum atomic E-state index is -3.71. The minimum Gasteiger partial charge on any atom is -0.357 e. The van der Waals surface area contributed by atoms with E-state index in [1.165, 1.54) is 12.8 Å². The Morgan fingerprint density at radius 3 is 2.64 bits per heavy atom. The van der Waals surface area contributed by atoms with Crippen molar-refractivity contribution in [1.82, 2.24) is 15.2 Å². The van der Waals surface area contributed by atoms with Crippen molar-refractivity contribution >= 4 is 27.6 Å². The molecular formula is C24H29N5O3S. The second-order valence-electron chi connectivity index (χ2n) is 9.15. The highest BCUT2D eigenvalue weighted by molar-refractivity contribution is 7.90. The molecule has 0 spiro atoms. The zero-order valence-corrected chi connectivity index (χ0v) is 19.6. The topological polar surface area (TPSA) is 95.0 Å². The van der Waals surface area contributed by atoms with E-state index in [4.69, 9.17) is 0 Å². The molecule has 33 heavy (non-hydrogen) atoms. The number of nitrogens with zero attached hydrogens (tertiary/aromatic N) is 4. The van der Waals surface area contributed by atoms with Crippen molar-refractivity contribution in [2.75, 3.05) is 24.5 Å². The van der Waals surface area contributed by atoms with Crippen LogP contribution in [0, 0.1) is 5.92 Å². The molecule has 1 aromatic carbocycles. The fourth-order valence-corrected chi connectivity index (χ4v) is 6.06. The number of hydrogen-bond acceptors (Lipinski definition) is 6. The maximum Gasteiger partial charge on any atom is 0.285 e. The highest BCUT2D eigenvalue weighted by Gasteiger charge is 2.39. The Morgan fingerprint density at radius 1 is 1.09 bits per heavy atom. The number of amides is 1. The van der Waals surface area contributed by atoms with Crippen LogP contribution in [0.15, 0.2) is 51.9 Å². The third kappa shape index (κ3) is 4.34. The van der Waals surface area contributed by atoms with E-state index in [1.807, 2.05) is 23.2 Å². The maximum absolute atomic E-state index is 13.0. The quantitative estimate of drug-likeness (QED) is 0.743. The van der Waals surface area contributed by atoms with Crippen molar-refractivity contribution < 1.29 is 13.2 Å². The van der Waals surface area contributed by atoms with Crippen molar-refractivity contribution in [3.8, 4) is 0 Å². The average Bonchev–Trinajstić information content (AvgIpc) is 3.41. The Morgan fingerprint density at radius 2 is 1.88 bits per heavy atom. The van der Waals surface area contributed by atoms with Gasteiger partial charge in [-0.2, -0.15) is 8.42 Å². The first-order valence-corrected chi connectivity index (χ1v) is 13.0. The lowest BCUT2D eigenvalue weighted by Crippen LogP contribution is -2.45. The van der Waals surface area contributed by atoms with Gasteiger partial charge < -0.3 is 15.1 Å². The molecule has 9 heteroatoms. The zero-order chi connectivity index (χ0) is 23.0. The first-order chi connectivity index (χ1) is 15.9. The van der Waals surface area contributed by atoms with Gasteiger partial charge >= 0.3 is 0 Å². The van der Waals surface area contributed by atoms with Crippen LogP contribution in [0.2, 0.25) is 0 Å². The number of carbonyl (C=O) groups is 1. The Hall–Kier alpha value is -2.94. The minimum absolute atomic E-state index is 0.119. The van der Waals surface area contributed by atoms with Gasteiger partial charge in [0.2, 0.25) is 5.91 Å². The fraction of sp³-hybridized carbons (Fsp3) is 0.458.